The van der Waals surface area contributed by atoms with E-state index < -0.39 is 6.10 Å². The summed E-state index contributed by atoms with van der Waals surface area (Å²) in [4.78, 5) is 12.2. The number of hydrogen-bond donors (Lipinski definition) is 1. The van der Waals surface area contributed by atoms with Crippen molar-refractivity contribution >= 4 is 5.97 Å². The van der Waals surface area contributed by atoms with E-state index in [1.807, 2.05) is 0 Å². The highest BCUT2D eigenvalue weighted by Gasteiger charge is 2.13. The lowest BCUT2D eigenvalue weighted by atomic mass is 10.1. The van der Waals surface area contributed by atoms with Crippen LogP contribution < -0.4 is 0 Å². The predicted molar refractivity (Wildman–Crippen MR) is 251 cm³/mol. The van der Waals surface area contributed by atoms with Gasteiger partial charge in [0.2, 0.25) is 0 Å². The highest BCUT2D eigenvalue weighted by molar-refractivity contribution is 5.69. The van der Waals surface area contributed by atoms with Crippen LogP contribution in [-0.2, 0) is 14.3 Å². The van der Waals surface area contributed by atoms with Gasteiger partial charge in [-0.1, -0.05) is 194 Å². The maximum absolute atomic E-state index is 12.2. The Kier molecular flexibility index (Phi) is 46.7. The average Bonchev–Trinajstić information content (AvgIpc) is 3.22. The molecule has 0 aromatic rings. The van der Waals surface area contributed by atoms with Gasteiger partial charge in [0.1, 0.15) is 6.10 Å². The quantitative estimate of drug-likeness (QED) is 0.0380. The van der Waals surface area contributed by atoms with Crippen molar-refractivity contribution in [2.45, 2.75) is 200 Å². The Balaban J connectivity index is 3.58. The van der Waals surface area contributed by atoms with Gasteiger partial charge in [0.05, 0.1) is 13.2 Å². The van der Waals surface area contributed by atoms with Crippen molar-refractivity contribution in [2.24, 2.45) is 0 Å². The van der Waals surface area contributed by atoms with Crippen molar-refractivity contribution in [3.63, 3.8) is 0 Å². The third kappa shape index (κ3) is 47.3. The van der Waals surface area contributed by atoms with Gasteiger partial charge in [0.25, 0.3) is 0 Å². The van der Waals surface area contributed by atoms with Crippen molar-refractivity contribution in [2.75, 3.05) is 19.8 Å². The Morgan fingerprint density at radius 2 is 0.789 bits per heavy atom. The van der Waals surface area contributed by atoms with Crippen LogP contribution in [0.5, 0.6) is 0 Å². The molecule has 0 aliphatic rings. The summed E-state index contributed by atoms with van der Waals surface area (Å²) in [6, 6.07) is 0. The molecule has 0 aromatic carbocycles. The molecule has 0 rings (SSSR count). The van der Waals surface area contributed by atoms with Crippen molar-refractivity contribution < 1.29 is 19.4 Å². The molecule has 0 aliphatic heterocycles. The van der Waals surface area contributed by atoms with Crippen molar-refractivity contribution in [1.82, 2.24) is 0 Å². The van der Waals surface area contributed by atoms with Crippen LogP contribution in [0.15, 0.2) is 109 Å². The Morgan fingerprint density at radius 3 is 1.19 bits per heavy atom. The number of esters is 1. The number of carbonyl (C=O) groups excluding carboxylic acids is 1. The summed E-state index contributed by atoms with van der Waals surface area (Å²) in [6.07, 6.45) is 71.6. The smallest absolute Gasteiger partial charge is 0.306 e. The van der Waals surface area contributed by atoms with Crippen molar-refractivity contribution in [3.05, 3.63) is 109 Å². The molecule has 0 bridgehead atoms. The minimum absolute atomic E-state index is 0.198. The zero-order valence-corrected chi connectivity index (χ0v) is 37.1. The minimum atomic E-state index is -0.568. The van der Waals surface area contributed by atoms with Gasteiger partial charge >= 0.3 is 5.97 Å². The first-order chi connectivity index (χ1) is 28.2. The summed E-state index contributed by atoms with van der Waals surface area (Å²) >= 11 is 0. The molecule has 0 fully saturated rings. The minimum Gasteiger partial charge on any atom is -0.457 e. The number of rotatable bonds is 42. The highest BCUT2D eigenvalue weighted by atomic mass is 16.6. The zero-order chi connectivity index (χ0) is 41.2. The van der Waals surface area contributed by atoms with Gasteiger partial charge < -0.3 is 14.6 Å². The van der Waals surface area contributed by atoms with E-state index in [9.17, 15) is 9.90 Å². The lowest BCUT2D eigenvalue weighted by Gasteiger charge is -2.15. The number of hydrogen-bond acceptors (Lipinski definition) is 4. The van der Waals surface area contributed by atoms with E-state index in [4.69, 9.17) is 9.47 Å². The van der Waals surface area contributed by atoms with E-state index in [1.165, 1.54) is 89.9 Å². The second kappa shape index (κ2) is 49.2. The Labute approximate surface area is 353 Å². The average molecular weight is 789 g/mol. The molecule has 0 radical (unpaired) electrons. The molecular formula is C53H88O4. The summed E-state index contributed by atoms with van der Waals surface area (Å²) in [7, 11) is 0. The van der Waals surface area contributed by atoms with E-state index in [1.54, 1.807) is 0 Å². The fourth-order valence-corrected chi connectivity index (χ4v) is 6.10. The predicted octanol–water partition coefficient (Wildman–Crippen LogP) is 15.9. The Bertz CT molecular complexity index is 1100. The molecule has 4 heteroatoms. The van der Waals surface area contributed by atoms with Crippen LogP contribution in [0.25, 0.3) is 0 Å². The zero-order valence-electron chi connectivity index (χ0n) is 37.1. The van der Waals surface area contributed by atoms with Crippen LogP contribution in [0.1, 0.15) is 194 Å². The lowest BCUT2D eigenvalue weighted by Crippen LogP contribution is -2.27. The molecule has 1 atom stereocenters. The topological polar surface area (TPSA) is 55.8 Å². The molecule has 0 saturated heterocycles. The van der Waals surface area contributed by atoms with Gasteiger partial charge in [0, 0.05) is 13.0 Å². The second-order valence-electron chi connectivity index (χ2n) is 15.1. The molecule has 0 amide bonds. The molecule has 4 nitrogen and oxygen atoms in total. The molecule has 57 heavy (non-hydrogen) atoms. The molecule has 0 heterocycles. The number of aliphatic hydroxyl groups is 1. The molecule has 0 aliphatic carbocycles. The fourth-order valence-electron chi connectivity index (χ4n) is 6.10. The SMILES string of the molecule is CC/C=C\C/C=C\C/C=C\C/C=C\C/C=C\C/C=C\C/C=C\CCCCOCC(CO)OC(=O)CCCCCCCCCCC/C=C\C/C=C\CCCCCCC. The number of unbranched alkanes of at least 4 members (excludes halogenated alkanes) is 16. The summed E-state index contributed by atoms with van der Waals surface area (Å²) in [5.41, 5.74) is 0. The van der Waals surface area contributed by atoms with Crippen LogP contribution in [-0.4, -0.2) is 37.0 Å². The van der Waals surface area contributed by atoms with Crippen LogP contribution >= 0.6 is 0 Å². The molecule has 1 unspecified atom stereocenters. The largest absolute Gasteiger partial charge is 0.457 e. The molecular weight excluding hydrogens is 701 g/mol. The fraction of sp³-hybridized carbons (Fsp3) is 0.642. The van der Waals surface area contributed by atoms with E-state index >= 15 is 0 Å². The molecule has 0 spiro atoms. The van der Waals surface area contributed by atoms with Gasteiger partial charge in [-0.25, -0.2) is 0 Å². The first-order valence-electron chi connectivity index (χ1n) is 23.5. The maximum atomic E-state index is 12.2. The van der Waals surface area contributed by atoms with E-state index in [2.05, 4.69) is 123 Å². The summed E-state index contributed by atoms with van der Waals surface area (Å²) in [5.74, 6) is -0.224. The third-order valence-corrected chi connectivity index (χ3v) is 9.58. The first kappa shape index (κ1) is 54.0. The number of allylic oxidation sites excluding steroid dienone is 18. The summed E-state index contributed by atoms with van der Waals surface area (Å²) in [6.45, 7) is 5.10. The Morgan fingerprint density at radius 1 is 0.439 bits per heavy atom. The number of aliphatic hydroxyl groups excluding tert-OH is 1. The van der Waals surface area contributed by atoms with E-state index in [0.29, 0.717) is 13.0 Å². The lowest BCUT2D eigenvalue weighted by molar-refractivity contribution is -0.154. The number of carbonyl (C=O) groups is 1. The number of ether oxygens (including phenoxy) is 2. The van der Waals surface area contributed by atoms with Crippen LogP contribution in [0, 0.1) is 0 Å². The second-order valence-corrected chi connectivity index (χ2v) is 15.1. The van der Waals surface area contributed by atoms with Crippen molar-refractivity contribution in [3.8, 4) is 0 Å². The Hall–Kier alpha value is -2.95. The first-order valence-corrected chi connectivity index (χ1v) is 23.5. The van der Waals surface area contributed by atoms with E-state index in [0.717, 1.165) is 83.5 Å². The van der Waals surface area contributed by atoms with Crippen LogP contribution in [0.3, 0.4) is 0 Å². The van der Waals surface area contributed by atoms with Crippen molar-refractivity contribution in [1.29, 1.82) is 0 Å². The monoisotopic (exact) mass is 789 g/mol. The highest BCUT2D eigenvalue weighted by Crippen LogP contribution is 2.13. The summed E-state index contributed by atoms with van der Waals surface area (Å²) < 4.78 is 11.1. The van der Waals surface area contributed by atoms with E-state index in [-0.39, 0.29) is 19.2 Å². The van der Waals surface area contributed by atoms with Crippen LogP contribution in [0.4, 0.5) is 0 Å². The van der Waals surface area contributed by atoms with Gasteiger partial charge in [-0.2, -0.15) is 0 Å². The van der Waals surface area contributed by atoms with Crippen LogP contribution in [0.2, 0.25) is 0 Å². The van der Waals surface area contributed by atoms with Gasteiger partial charge in [-0.15, -0.1) is 0 Å². The summed E-state index contributed by atoms with van der Waals surface area (Å²) in [5, 5.41) is 9.63. The molecule has 0 saturated carbocycles. The molecule has 0 aromatic heterocycles. The standard InChI is InChI=1S/C53H88O4/c1-3-5-7-9-11-13-15-17-19-21-23-25-26-27-29-31-33-35-37-39-41-43-45-47-49-56-51-52(50-54)57-53(55)48-46-44-42-40-38-36-34-32-30-28-24-22-20-18-16-14-12-10-8-6-4-2/h5,7,11,13,16-19,22-25,27,29,33,35,39,41,52,54H,3-4,6,8-10,12,14-15,20-21,26,28,30-32,34,36-38,40,42-51H2,1-2H3/b7-5-,13-11-,18-16-,19-17-,24-22-,25-23-,29-27-,35-33-,41-39-. The molecule has 1 N–H and O–H groups in total. The normalized spacial score (nSPS) is 13.4. The maximum Gasteiger partial charge on any atom is 0.306 e. The van der Waals surface area contributed by atoms with Gasteiger partial charge in [-0.05, 0) is 103 Å². The third-order valence-electron chi connectivity index (χ3n) is 9.58. The molecule has 324 valence electrons. The van der Waals surface area contributed by atoms with Gasteiger partial charge in [0.15, 0.2) is 0 Å². The van der Waals surface area contributed by atoms with Gasteiger partial charge in [-0.3, -0.25) is 4.79 Å².